The van der Waals surface area contributed by atoms with E-state index in [2.05, 4.69) is 5.32 Å². The van der Waals surface area contributed by atoms with Gasteiger partial charge in [0.25, 0.3) is 0 Å². The van der Waals surface area contributed by atoms with Crippen LogP contribution in [0.2, 0.25) is 0 Å². The molecule has 0 saturated carbocycles. The average molecular weight is 519 g/mol. The highest BCUT2D eigenvalue weighted by molar-refractivity contribution is 7.89. The lowest BCUT2D eigenvalue weighted by Gasteiger charge is -2.26. The van der Waals surface area contributed by atoms with Crippen molar-refractivity contribution in [2.45, 2.75) is 11.8 Å². The largest absolute Gasteiger partial charge is 0.450 e. The maximum absolute atomic E-state index is 13.2. The zero-order chi connectivity index (χ0) is 26.0. The minimum Gasteiger partial charge on any atom is -0.450 e. The fourth-order valence-electron chi connectivity index (χ4n) is 4.24. The Morgan fingerprint density at radius 2 is 1.54 bits per heavy atom. The molecule has 5 rings (SSSR count). The number of ether oxygens (including phenoxy) is 1. The molecule has 0 atom stereocenters. The van der Waals surface area contributed by atoms with Gasteiger partial charge in [0, 0.05) is 29.6 Å². The number of hydrogen-bond acceptors (Lipinski definition) is 7. The molecule has 1 N–H and O–H groups in total. The van der Waals surface area contributed by atoms with E-state index in [9.17, 15) is 18.0 Å². The molecule has 37 heavy (non-hydrogen) atoms. The van der Waals surface area contributed by atoms with Crippen molar-refractivity contribution >= 4 is 38.2 Å². The Balaban J connectivity index is 1.35. The van der Waals surface area contributed by atoms with E-state index < -0.39 is 10.0 Å². The second-order valence-corrected chi connectivity index (χ2v) is 10.8. The van der Waals surface area contributed by atoms with Gasteiger partial charge in [-0.05, 0) is 43.3 Å². The molecular weight excluding hydrogens is 492 g/mol. The number of sulfonamides is 1. The highest BCUT2D eigenvalue weighted by atomic mass is 32.2. The van der Waals surface area contributed by atoms with E-state index in [0.29, 0.717) is 54.1 Å². The van der Waals surface area contributed by atoms with Crippen LogP contribution in [0.15, 0.2) is 82.1 Å². The van der Waals surface area contributed by atoms with Crippen LogP contribution in [0.4, 0.5) is 5.69 Å². The number of benzene rings is 3. The lowest BCUT2D eigenvalue weighted by atomic mass is 10.1. The molecule has 1 aromatic heterocycles. The molecule has 0 amide bonds. The SMILES string of the molecule is Cc1ccc(C(=O)c2oc3ccccc3c2NCC(=O)c2ccc(S(=O)(=O)N3CCOCC3)cc2)cc1. The molecular formula is C28H26N2O6S. The quantitative estimate of drug-likeness (QED) is 0.347. The molecule has 1 saturated heterocycles. The second kappa shape index (κ2) is 10.3. The highest BCUT2D eigenvalue weighted by Crippen LogP contribution is 2.32. The van der Waals surface area contributed by atoms with Crippen molar-refractivity contribution in [1.82, 2.24) is 4.31 Å². The van der Waals surface area contributed by atoms with Crippen LogP contribution in [0.5, 0.6) is 0 Å². The Labute approximate surface area is 214 Å². The van der Waals surface area contributed by atoms with E-state index in [1.165, 1.54) is 28.6 Å². The van der Waals surface area contributed by atoms with E-state index in [4.69, 9.17) is 9.15 Å². The number of rotatable bonds is 8. The molecule has 8 nitrogen and oxygen atoms in total. The first-order valence-corrected chi connectivity index (χ1v) is 13.4. The van der Waals surface area contributed by atoms with Gasteiger partial charge in [0.2, 0.25) is 15.8 Å². The van der Waals surface area contributed by atoms with Gasteiger partial charge in [-0.2, -0.15) is 4.31 Å². The molecule has 190 valence electrons. The lowest BCUT2D eigenvalue weighted by Crippen LogP contribution is -2.40. The van der Waals surface area contributed by atoms with Crippen LogP contribution in [-0.2, 0) is 14.8 Å². The summed E-state index contributed by atoms with van der Waals surface area (Å²) in [4.78, 5) is 26.3. The number of nitrogens with one attached hydrogen (secondary N) is 1. The summed E-state index contributed by atoms with van der Waals surface area (Å²) in [5, 5.41) is 3.78. The Bertz CT molecular complexity index is 1550. The molecule has 2 heterocycles. The number of ketones is 2. The topological polar surface area (TPSA) is 106 Å². The number of para-hydroxylation sites is 1. The van der Waals surface area contributed by atoms with Gasteiger partial charge < -0.3 is 14.5 Å². The normalized spacial score (nSPS) is 14.5. The van der Waals surface area contributed by atoms with Gasteiger partial charge in [-0.15, -0.1) is 0 Å². The van der Waals surface area contributed by atoms with Crippen LogP contribution in [0.3, 0.4) is 0 Å². The summed E-state index contributed by atoms with van der Waals surface area (Å²) in [7, 11) is -3.64. The number of morpholine rings is 1. The van der Waals surface area contributed by atoms with Gasteiger partial charge in [-0.3, -0.25) is 9.59 Å². The monoisotopic (exact) mass is 518 g/mol. The number of anilines is 1. The summed E-state index contributed by atoms with van der Waals surface area (Å²) in [5.74, 6) is -0.414. The molecule has 3 aromatic carbocycles. The minimum atomic E-state index is -3.64. The summed E-state index contributed by atoms with van der Waals surface area (Å²) < 4.78 is 38.2. The number of nitrogens with zero attached hydrogens (tertiary/aromatic N) is 1. The average Bonchev–Trinajstić information content (AvgIpc) is 3.31. The van der Waals surface area contributed by atoms with Crippen LogP contribution in [0, 0.1) is 6.92 Å². The van der Waals surface area contributed by atoms with Crippen molar-refractivity contribution in [3.63, 3.8) is 0 Å². The third-order valence-corrected chi connectivity index (χ3v) is 8.24. The maximum Gasteiger partial charge on any atom is 0.243 e. The molecule has 0 spiro atoms. The van der Waals surface area contributed by atoms with E-state index in [0.717, 1.165) is 5.56 Å². The predicted molar refractivity (Wildman–Crippen MR) is 140 cm³/mol. The van der Waals surface area contributed by atoms with Crippen molar-refractivity contribution in [3.05, 3.63) is 95.2 Å². The predicted octanol–water partition coefficient (Wildman–Crippen LogP) is 4.29. The molecule has 4 aromatic rings. The second-order valence-electron chi connectivity index (χ2n) is 8.82. The van der Waals surface area contributed by atoms with E-state index in [1.54, 1.807) is 18.2 Å². The third-order valence-electron chi connectivity index (χ3n) is 6.33. The van der Waals surface area contributed by atoms with Crippen molar-refractivity contribution in [2.24, 2.45) is 0 Å². The van der Waals surface area contributed by atoms with Gasteiger partial charge in [0.05, 0.1) is 30.3 Å². The van der Waals surface area contributed by atoms with Crippen molar-refractivity contribution in [3.8, 4) is 0 Å². The minimum absolute atomic E-state index is 0.104. The van der Waals surface area contributed by atoms with Crippen LogP contribution in [-0.4, -0.2) is 57.1 Å². The van der Waals surface area contributed by atoms with E-state index in [1.807, 2.05) is 37.3 Å². The Morgan fingerprint density at radius 1 is 0.892 bits per heavy atom. The van der Waals surface area contributed by atoms with Crippen molar-refractivity contribution < 1.29 is 27.2 Å². The number of aryl methyl sites for hydroxylation is 1. The van der Waals surface area contributed by atoms with Gasteiger partial charge in [0.1, 0.15) is 5.58 Å². The fourth-order valence-corrected chi connectivity index (χ4v) is 5.64. The van der Waals surface area contributed by atoms with E-state index in [-0.39, 0.29) is 28.8 Å². The summed E-state index contributed by atoms with van der Waals surface area (Å²) in [6.45, 7) is 3.16. The van der Waals surface area contributed by atoms with Crippen LogP contribution < -0.4 is 5.32 Å². The number of fused-ring (bicyclic) bond motifs is 1. The highest BCUT2D eigenvalue weighted by Gasteiger charge is 2.27. The Kier molecular flexibility index (Phi) is 6.92. The van der Waals surface area contributed by atoms with Crippen LogP contribution in [0.1, 0.15) is 32.0 Å². The zero-order valence-corrected chi connectivity index (χ0v) is 21.1. The number of furan rings is 1. The van der Waals surface area contributed by atoms with Crippen molar-refractivity contribution in [2.75, 3.05) is 38.2 Å². The first-order chi connectivity index (χ1) is 17.8. The molecule has 1 aliphatic heterocycles. The van der Waals surface area contributed by atoms with E-state index >= 15 is 0 Å². The fraction of sp³-hybridized carbons (Fsp3) is 0.214. The Hall–Kier alpha value is -3.79. The van der Waals surface area contributed by atoms with Gasteiger partial charge in [0.15, 0.2) is 11.5 Å². The molecule has 0 aliphatic carbocycles. The van der Waals surface area contributed by atoms with Gasteiger partial charge in [-0.1, -0.05) is 42.0 Å². The summed E-state index contributed by atoms with van der Waals surface area (Å²) >= 11 is 0. The molecule has 0 unspecified atom stereocenters. The molecule has 1 aliphatic rings. The Morgan fingerprint density at radius 3 is 2.24 bits per heavy atom. The summed E-state index contributed by atoms with van der Waals surface area (Å²) in [6, 6.07) is 20.3. The van der Waals surface area contributed by atoms with Crippen LogP contribution in [0.25, 0.3) is 11.0 Å². The summed E-state index contributed by atoms with van der Waals surface area (Å²) in [6.07, 6.45) is 0. The lowest BCUT2D eigenvalue weighted by molar-refractivity contribution is 0.0730. The third kappa shape index (κ3) is 5.06. The zero-order valence-electron chi connectivity index (χ0n) is 20.3. The number of hydrogen-bond donors (Lipinski definition) is 1. The number of Topliss-reactive ketones (excluding diaryl/α,β-unsaturated/α-hetero) is 1. The maximum atomic E-state index is 13.2. The first kappa shape index (κ1) is 24.9. The molecule has 0 bridgehead atoms. The first-order valence-electron chi connectivity index (χ1n) is 11.9. The van der Waals surface area contributed by atoms with Crippen LogP contribution >= 0.6 is 0 Å². The van der Waals surface area contributed by atoms with Gasteiger partial charge >= 0.3 is 0 Å². The molecule has 0 radical (unpaired) electrons. The molecule has 9 heteroatoms. The standard InChI is InChI=1S/C28H26N2O6S/c1-19-6-8-21(9-7-19)27(32)28-26(23-4-2-3-5-25(23)36-28)29-18-24(31)20-10-12-22(13-11-20)37(33,34)30-14-16-35-17-15-30/h2-13,29H,14-18H2,1H3. The van der Waals surface area contributed by atoms with Gasteiger partial charge in [-0.25, -0.2) is 8.42 Å². The number of carbonyl (C=O) groups excluding carboxylic acids is 2. The summed E-state index contributed by atoms with van der Waals surface area (Å²) in [5.41, 5.74) is 2.85. The smallest absolute Gasteiger partial charge is 0.243 e. The molecule has 1 fully saturated rings. The van der Waals surface area contributed by atoms with Crippen molar-refractivity contribution in [1.29, 1.82) is 0 Å². The number of carbonyl (C=O) groups is 2.